The summed E-state index contributed by atoms with van der Waals surface area (Å²) < 4.78 is 29.3. The number of hydrogen-bond acceptors (Lipinski definition) is 5. The van der Waals surface area contributed by atoms with Gasteiger partial charge in [0, 0.05) is 38.0 Å². The van der Waals surface area contributed by atoms with Crippen LogP contribution in [0, 0.1) is 6.92 Å². The van der Waals surface area contributed by atoms with Gasteiger partial charge in [0.05, 0.1) is 10.6 Å². The van der Waals surface area contributed by atoms with Crippen molar-refractivity contribution < 1.29 is 8.42 Å². The van der Waals surface area contributed by atoms with Gasteiger partial charge in [-0.05, 0) is 47.6 Å². The Morgan fingerprint density at radius 1 is 0.947 bits per heavy atom. The van der Waals surface area contributed by atoms with Crippen LogP contribution < -0.4 is 10.8 Å². The van der Waals surface area contributed by atoms with Crippen molar-refractivity contribution in [2.75, 3.05) is 25.5 Å². The van der Waals surface area contributed by atoms with Gasteiger partial charge < -0.3 is 5.32 Å². The lowest BCUT2D eigenvalue weighted by Crippen LogP contribution is -2.29. The molecule has 7 nitrogen and oxygen atoms in total. The Morgan fingerprint density at radius 2 is 1.63 bits per heavy atom. The quantitative estimate of drug-likeness (QED) is 0.231. The molecule has 0 spiro atoms. The number of nitrogens with zero attached hydrogens (tertiary/aromatic N) is 4. The molecule has 0 saturated heterocycles. The fourth-order valence-corrected chi connectivity index (χ4v) is 5.58. The smallest absolute Gasteiger partial charge is 0.242 e. The molecule has 0 aliphatic heterocycles. The zero-order valence-electron chi connectivity index (χ0n) is 21.4. The van der Waals surface area contributed by atoms with Gasteiger partial charge in [0.25, 0.3) is 0 Å². The van der Waals surface area contributed by atoms with Gasteiger partial charge in [-0.15, -0.1) is 0 Å². The van der Waals surface area contributed by atoms with Crippen LogP contribution in [0.1, 0.15) is 12.0 Å². The van der Waals surface area contributed by atoms with E-state index in [1.54, 1.807) is 29.9 Å². The first-order valence-corrected chi connectivity index (χ1v) is 13.8. The fourth-order valence-electron chi connectivity index (χ4n) is 4.37. The standard InChI is InChI=1S/C29H28BN5O2S/c1-21-9-6-7-12-25(21)27-19-28(35-29(33-27)26(30)20-32-35)31-17-8-18-34(2)38(36,37)24-15-13-23(14-16-24)22-10-4-3-5-11-22/h3-7,9-16,19-20,31H,8,17-18H2,1-2H3. The highest BCUT2D eigenvalue weighted by Crippen LogP contribution is 2.25. The third-order valence-electron chi connectivity index (χ3n) is 6.55. The summed E-state index contributed by atoms with van der Waals surface area (Å²) in [6.07, 6.45) is 2.18. The first kappa shape index (κ1) is 25.7. The Morgan fingerprint density at radius 3 is 2.37 bits per heavy atom. The van der Waals surface area contributed by atoms with Crippen molar-refractivity contribution in [3.63, 3.8) is 0 Å². The number of aromatic nitrogens is 3. The second-order valence-corrected chi connectivity index (χ2v) is 11.2. The summed E-state index contributed by atoms with van der Waals surface area (Å²) in [7, 11) is 4.13. The first-order chi connectivity index (χ1) is 18.3. The number of nitrogens with one attached hydrogen (secondary N) is 1. The second-order valence-electron chi connectivity index (χ2n) is 9.17. The molecule has 0 aliphatic rings. The van der Waals surface area contributed by atoms with Crippen molar-refractivity contribution in [1.82, 2.24) is 18.9 Å². The highest BCUT2D eigenvalue weighted by molar-refractivity contribution is 7.89. The molecular weight excluding hydrogens is 493 g/mol. The molecule has 38 heavy (non-hydrogen) atoms. The normalized spacial score (nSPS) is 11.8. The summed E-state index contributed by atoms with van der Waals surface area (Å²) in [6, 6.07) is 26.9. The number of anilines is 1. The summed E-state index contributed by atoms with van der Waals surface area (Å²) >= 11 is 0. The average molecular weight is 521 g/mol. The topological polar surface area (TPSA) is 79.6 Å². The van der Waals surface area contributed by atoms with Crippen LogP contribution in [0.3, 0.4) is 0 Å². The van der Waals surface area contributed by atoms with E-state index in [4.69, 9.17) is 12.8 Å². The highest BCUT2D eigenvalue weighted by Gasteiger charge is 2.20. The highest BCUT2D eigenvalue weighted by atomic mass is 32.2. The Labute approximate surface area is 224 Å². The largest absolute Gasteiger partial charge is 0.370 e. The molecule has 1 N–H and O–H groups in total. The van der Waals surface area contributed by atoms with Crippen LogP contribution in [0.15, 0.2) is 96.0 Å². The monoisotopic (exact) mass is 521 g/mol. The predicted octanol–water partition coefficient (Wildman–Crippen LogP) is 4.29. The molecule has 0 fully saturated rings. The molecule has 0 amide bonds. The van der Waals surface area contributed by atoms with Crippen LogP contribution in [0.25, 0.3) is 28.0 Å². The molecule has 3 aromatic carbocycles. The van der Waals surface area contributed by atoms with Gasteiger partial charge in [-0.2, -0.15) is 9.61 Å². The van der Waals surface area contributed by atoms with Crippen molar-refractivity contribution in [3.8, 4) is 22.4 Å². The molecule has 2 heterocycles. The zero-order valence-corrected chi connectivity index (χ0v) is 22.2. The summed E-state index contributed by atoms with van der Waals surface area (Å²) in [5, 5.41) is 7.74. The number of hydrogen-bond donors (Lipinski definition) is 1. The molecular formula is C29H28BN5O2S. The van der Waals surface area contributed by atoms with Crippen molar-refractivity contribution in [3.05, 3.63) is 96.7 Å². The molecule has 9 heteroatoms. The van der Waals surface area contributed by atoms with Gasteiger partial charge in [-0.1, -0.05) is 66.7 Å². The molecule has 0 saturated carbocycles. The van der Waals surface area contributed by atoms with Crippen LogP contribution >= 0.6 is 0 Å². The van der Waals surface area contributed by atoms with E-state index in [1.807, 2.05) is 79.7 Å². The van der Waals surface area contributed by atoms with Crippen molar-refractivity contribution in [1.29, 1.82) is 0 Å². The first-order valence-electron chi connectivity index (χ1n) is 12.4. The summed E-state index contributed by atoms with van der Waals surface area (Å²) in [5.74, 6) is 0.743. The lowest BCUT2D eigenvalue weighted by molar-refractivity contribution is 0.465. The fraction of sp³-hybridized carbons (Fsp3) is 0.172. The Bertz CT molecular complexity index is 1670. The maximum Gasteiger partial charge on any atom is 0.242 e. The van der Waals surface area contributed by atoms with Gasteiger partial charge in [0.15, 0.2) is 5.65 Å². The second kappa shape index (κ2) is 10.8. The minimum absolute atomic E-state index is 0.276. The maximum absolute atomic E-state index is 13.1. The lowest BCUT2D eigenvalue weighted by atomic mass is 10.00. The predicted molar refractivity (Wildman–Crippen MR) is 153 cm³/mol. The number of aryl methyl sites for hydroxylation is 1. The van der Waals surface area contributed by atoms with E-state index in [9.17, 15) is 8.42 Å². The van der Waals surface area contributed by atoms with E-state index in [1.165, 1.54) is 4.31 Å². The average Bonchev–Trinajstić information content (AvgIpc) is 3.32. The van der Waals surface area contributed by atoms with Crippen molar-refractivity contribution in [2.24, 2.45) is 0 Å². The van der Waals surface area contributed by atoms with E-state index in [2.05, 4.69) is 10.4 Å². The molecule has 2 aromatic heterocycles. The van der Waals surface area contributed by atoms with E-state index in [0.29, 0.717) is 30.6 Å². The third kappa shape index (κ3) is 5.21. The Kier molecular flexibility index (Phi) is 7.31. The summed E-state index contributed by atoms with van der Waals surface area (Å²) in [4.78, 5) is 5.00. The van der Waals surface area contributed by atoms with Crippen LogP contribution in [-0.2, 0) is 10.0 Å². The third-order valence-corrected chi connectivity index (χ3v) is 8.42. The molecule has 0 unspecified atom stereocenters. The maximum atomic E-state index is 13.1. The zero-order chi connectivity index (χ0) is 26.7. The van der Waals surface area contributed by atoms with Crippen LogP contribution in [0.2, 0.25) is 0 Å². The van der Waals surface area contributed by atoms with Crippen LogP contribution in [-0.4, -0.2) is 55.3 Å². The number of benzene rings is 3. The molecule has 0 bridgehead atoms. The van der Waals surface area contributed by atoms with Crippen molar-refractivity contribution >= 4 is 34.8 Å². The van der Waals surface area contributed by atoms with Crippen LogP contribution in [0.5, 0.6) is 0 Å². The molecule has 2 radical (unpaired) electrons. The molecule has 0 atom stereocenters. The van der Waals surface area contributed by atoms with Crippen LogP contribution in [0.4, 0.5) is 5.82 Å². The van der Waals surface area contributed by atoms with E-state index in [-0.39, 0.29) is 4.90 Å². The van der Waals surface area contributed by atoms with Gasteiger partial charge in [0.1, 0.15) is 13.7 Å². The molecule has 5 aromatic rings. The van der Waals surface area contributed by atoms with Gasteiger partial charge in [-0.3, -0.25) is 0 Å². The van der Waals surface area contributed by atoms with E-state index in [0.717, 1.165) is 33.8 Å². The summed E-state index contributed by atoms with van der Waals surface area (Å²) in [5.41, 5.74) is 6.01. The SMILES string of the molecule is [B]c1cnn2c(NCCCN(C)S(=O)(=O)c3ccc(-c4ccccc4)cc3)cc(-c3ccccc3C)nc12. The van der Waals surface area contributed by atoms with Gasteiger partial charge >= 0.3 is 0 Å². The number of fused-ring (bicyclic) bond motifs is 1. The molecule has 190 valence electrons. The van der Waals surface area contributed by atoms with E-state index >= 15 is 0 Å². The minimum atomic E-state index is -3.60. The van der Waals surface area contributed by atoms with Crippen molar-refractivity contribution in [2.45, 2.75) is 18.2 Å². The molecule has 0 aliphatic carbocycles. The number of rotatable bonds is 9. The Hall–Kier alpha value is -3.95. The number of sulfonamides is 1. The minimum Gasteiger partial charge on any atom is -0.370 e. The lowest BCUT2D eigenvalue weighted by Gasteiger charge is -2.18. The van der Waals surface area contributed by atoms with E-state index < -0.39 is 10.0 Å². The summed E-state index contributed by atoms with van der Waals surface area (Å²) in [6.45, 7) is 2.94. The van der Waals surface area contributed by atoms with Gasteiger partial charge in [0.2, 0.25) is 10.0 Å². The van der Waals surface area contributed by atoms with Gasteiger partial charge in [-0.25, -0.2) is 17.7 Å². The molecule has 5 rings (SSSR count). The Balaban J connectivity index is 1.26.